The first kappa shape index (κ1) is 35.0. The summed E-state index contributed by atoms with van der Waals surface area (Å²) in [7, 11) is 0. The Morgan fingerprint density at radius 3 is 1.12 bits per heavy atom. The van der Waals surface area contributed by atoms with E-state index in [1.165, 1.54) is 77.9 Å². The molecule has 0 bridgehead atoms. The molecule has 9 aromatic carbocycles. The predicted molar refractivity (Wildman–Crippen MR) is 247 cm³/mol. The van der Waals surface area contributed by atoms with Crippen LogP contribution in [0.15, 0.2) is 224 Å². The highest BCUT2D eigenvalue weighted by Crippen LogP contribution is 2.63. The second kappa shape index (κ2) is 13.7. The van der Waals surface area contributed by atoms with Crippen LogP contribution in [0.1, 0.15) is 47.2 Å². The van der Waals surface area contributed by atoms with Crippen LogP contribution in [-0.4, -0.2) is 0 Å². The Balaban J connectivity index is 1.06. The van der Waals surface area contributed by atoms with Crippen molar-refractivity contribution in [1.29, 1.82) is 0 Å². The first-order chi connectivity index (χ1) is 29.0. The van der Waals surface area contributed by atoms with Crippen molar-refractivity contribution in [3.63, 3.8) is 0 Å². The van der Waals surface area contributed by atoms with Gasteiger partial charge in [0.25, 0.3) is 0 Å². The monoisotopic (exact) mass is 753 g/mol. The number of nitrogens with zero attached hydrogens (tertiary/aromatic N) is 1. The highest BCUT2D eigenvalue weighted by Gasteiger charge is 2.53. The summed E-state index contributed by atoms with van der Waals surface area (Å²) in [5.41, 5.74) is 20.9. The molecule has 0 unspecified atom stereocenters. The van der Waals surface area contributed by atoms with Crippen LogP contribution >= 0.6 is 0 Å². The first-order valence-electron chi connectivity index (χ1n) is 20.7. The zero-order valence-electron chi connectivity index (χ0n) is 33.3. The molecule has 0 saturated carbocycles. The fraction of sp³-hybridized carbons (Fsp3) is 0.0690. The molecule has 0 radical (unpaired) electrons. The van der Waals surface area contributed by atoms with Crippen molar-refractivity contribution >= 4 is 17.1 Å². The normalized spacial score (nSPS) is 13.9. The summed E-state index contributed by atoms with van der Waals surface area (Å²) in [6.45, 7) is 4.84. The van der Waals surface area contributed by atoms with Gasteiger partial charge in [-0.3, -0.25) is 0 Å². The average molecular weight is 754 g/mol. The quantitative estimate of drug-likeness (QED) is 0.163. The molecule has 0 heterocycles. The lowest BCUT2D eigenvalue weighted by Crippen LogP contribution is -2.41. The van der Waals surface area contributed by atoms with Crippen LogP contribution in [0.2, 0.25) is 0 Å². The van der Waals surface area contributed by atoms with Gasteiger partial charge in [-0.2, -0.15) is 0 Å². The maximum Gasteiger partial charge on any atom is 0.0719 e. The van der Waals surface area contributed by atoms with Crippen LogP contribution in [-0.2, 0) is 10.8 Å². The van der Waals surface area contributed by atoms with Crippen LogP contribution in [0.4, 0.5) is 17.1 Å². The van der Waals surface area contributed by atoms with Crippen molar-refractivity contribution in [2.24, 2.45) is 0 Å². The van der Waals surface area contributed by atoms with Gasteiger partial charge in [0.1, 0.15) is 0 Å². The maximum absolute atomic E-state index is 2.42. The topological polar surface area (TPSA) is 3.24 Å². The van der Waals surface area contributed by atoms with E-state index < -0.39 is 5.41 Å². The van der Waals surface area contributed by atoms with Crippen LogP contribution in [0.25, 0.3) is 44.5 Å². The zero-order chi connectivity index (χ0) is 39.6. The number of benzene rings is 9. The number of hydrogen-bond acceptors (Lipinski definition) is 1. The third kappa shape index (κ3) is 5.39. The molecule has 11 rings (SSSR count). The number of anilines is 3. The second-order valence-corrected chi connectivity index (χ2v) is 16.4. The molecule has 9 aromatic rings. The van der Waals surface area contributed by atoms with E-state index in [4.69, 9.17) is 0 Å². The van der Waals surface area contributed by atoms with E-state index in [2.05, 4.69) is 243 Å². The standard InChI is InChI=1S/C58H43N/c1-57(2)53-25-13-14-26-54(53)58(51-23-11-9-20-49(51)50-21-10-12-24-52(50)58)55-27-15-22-48(56(55)57)44-32-38-47(39-33-44)59(45-34-28-42(29-35-45)40-16-5-3-6-17-40)46-36-30-43(31-37-46)41-18-7-4-8-19-41/h3-39H,1-2H3. The predicted octanol–water partition coefficient (Wildman–Crippen LogP) is 15.2. The van der Waals surface area contributed by atoms with Gasteiger partial charge in [0.15, 0.2) is 0 Å². The Morgan fingerprint density at radius 2 is 0.627 bits per heavy atom. The number of hydrogen-bond donors (Lipinski definition) is 0. The van der Waals surface area contributed by atoms with Gasteiger partial charge >= 0.3 is 0 Å². The molecule has 0 saturated heterocycles. The summed E-state index contributed by atoms with van der Waals surface area (Å²) in [6.07, 6.45) is 0. The van der Waals surface area contributed by atoms with Crippen molar-refractivity contribution in [2.75, 3.05) is 4.90 Å². The van der Waals surface area contributed by atoms with Crippen LogP contribution in [0.5, 0.6) is 0 Å². The van der Waals surface area contributed by atoms with E-state index in [1.807, 2.05) is 0 Å². The molecule has 0 aromatic heterocycles. The van der Waals surface area contributed by atoms with Crippen molar-refractivity contribution < 1.29 is 0 Å². The highest BCUT2D eigenvalue weighted by atomic mass is 15.1. The molecule has 0 fully saturated rings. The Hall–Kier alpha value is -7.22. The molecule has 1 nitrogen and oxygen atoms in total. The van der Waals surface area contributed by atoms with Gasteiger partial charge in [0, 0.05) is 22.5 Å². The van der Waals surface area contributed by atoms with Crippen molar-refractivity contribution in [2.45, 2.75) is 24.7 Å². The van der Waals surface area contributed by atoms with E-state index in [0.29, 0.717) is 0 Å². The lowest BCUT2D eigenvalue weighted by Gasteiger charge is -2.47. The molecular formula is C58H43N. The third-order valence-electron chi connectivity index (χ3n) is 13.0. The second-order valence-electron chi connectivity index (χ2n) is 16.4. The fourth-order valence-corrected chi connectivity index (χ4v) is 10.3. The summed E-state index contributed by atoms with van der Waals surface area (Å²) in [5, 5.41) is 0. The number of fused-ring (bicyclic) bond motifs is 9. The van der Waals surface area contributed by atoms with Crippen molar-refractivity contribution in [3.8, 4) is 44.5 Å². The Bertz CT molecular complexity index is 2850. The molecule has 1 spiro atoms. The lowest BCUT2D eigenvalue weighted by atomic mass is 9.54. The summed E-state index contributed by atoms with van der Waals surface area (Å²) < 4.78 is 0. The SMILES string of the molecule is CC1(C)c2ccccc2C2(c3ccccc3-c3ccccc32)c2cccc(-c3ccc(N(c4ccc(-c5ccccc5)cc4)c4ccc(-c5ccccc5)cc4)cc3)c21. The van der Waals surface area contributed by atoms with Crippen molar-refractivity contribution in [1.82, 2.24) is 0 Å². The van der Waals surface area contributed by atoms with Gasteiger partial charge in [-0.15, -0.1) is 0 Å². The van der Waals surface area contributed by atoms with Gasteiger partial charge in [-0.25, -0.2) is 0 Å². The Labute approximate surface area is 347 Å². The summed E-state index contributed by atoms with van der Waals surface area (Å²) in [6, 6.07) is 82.7. The van der Waals surface area contributed by atoms with E-state index in [0.717, 1.165) is 17.1 Å². The van der Waals surface area contributed by atoms with Gasteiger partial charge in [-0.1, -0.05) is 202 Å². The molecule has 0 amide bonds. The molecule has 59 heavy (non-hydrogen) atoms. The first-order valence-corrected chi connectivity index (χ1v) is 20.7. The highest BCUT2D eigenvalue weighted by molar-refractivity contribution is 5.90. The van der Waals surface area contributed by atoms with Crippen molar-refractivity contribution in [3.05, 3.63) is 258 Å². The smallest absolute Gasteiger partial charge is 0.0719 e. The summed E-state index contributed by atoms with van der Waals surface area (Å²) in [5.74, 6) is 0. The van der Waals surface area contributed by atoms with Crippen LogP contribution in [0.3, 0.4) is 0 Å². The van der Waals surface area contributed by atoms with E-state index in [9.17, 15) is 0 Å². The molecule has 0 atom stereocenters. The minimum Gasteiger partial charge on any atom is -0.311 e. The minimum absolute atomic E-state index is 0.244. The summed E-state index contributed by atoms with van der Waals surface area (Å²) >= 11 is 0. The van der Waals surface area contributed by atoms with E-state index in [1.54, 1.807) is 0 Å². The van der Waals surface area contributed by atoms with Crippen LogP contribution < -0.4 is 4.90 Å². The fourth-order valence-electron chi connectivity index (χ4n) is 10.3. The Morgan fingerprint density at radius 1 is 0.271 bits per heavy atom. The van der Waals surface area contributed by atoms with Gasteiger partial charge in [-0.05, 0) is 114 Å². The molecule has 280 valence electrons. The van der Waals surface area contributed by atoms with Crippen LogP contribution in [0, 0.1) is 0 Å². The average Bonchev–Trinajstić information content (AvgIpc) is 3.60. The molecule has 2 aliphatic carbocycles. The third-order valence-corrected chi connectivity index (χ3v) is 13.0. The maximum atomic E-state index is 2.42. The molecule has 0 N–H and O–H groups in total. The van der Waals surface area contributed by atoms with E-state index in [-0.39, 0.29) is 5.41 Å². The molecule has 2 aliphatic rings. The lowest BCUT2D eigenvalue weighted by molar-refractivity contribution is 0.565. The largest absolute Gasteiger partial charge is 0.311 e. The molecule has 0 aliphatic heterocycles. The zero-order valence-corrected chi connectivity index (χ0v) is 33.3. The number of rotatable bonds is 6. The molecular weight excluding hydrogens is 711 g/mol. The Kier molecular flexibility index (Phi) is 8.13. The van der Waals surface area contributed by atoms with E-state index >= 15 is 0 Å². The van der Waals surface area contributed by atoms with Gasteiger partial charge in [0.2, 0.25) is 0 Å². The van der Waals surface area contributed by atoms with Gasteiger partial charge < -0.3 is 4.90 Å². The molecule has 1 heteroatoms. The minimum atomic E-state index is -0.417. The summed E-state index contributed by atoms with van der Waals surface area (Å²) in [4.78, 5) is 2.37. The van der Waals surface area contributed by atoms with Gasteiger partial charge in [0.05, 0.1) is 5.41 Å².